The molecule has 2 N–H and O–H groups in total. The van der Waals surface area contributed by atoms with E-state index in [1.165, 1.54) is 0 Å². The van der Waals surface area contributed by atoms with Gasteiger partial charge in [0.1, 0.15) is 0 Å². The van der Waals surface area contributed by atoms with Crippen LogP contribution < -0.4 is 10.6 Å². The average molecular weight is 359 g/mol. The lowest BCUT2D eigenvalue weighted by molar-refractivity contribution is -0.0284. The van der Waals surface area contributed by atoms with Gasteiger partial charge < -0.3 is 15.4 Å². The maximum absolute atomic E-state index is 5.88. The monoisotopic (exact) mass is 359 g/mol. The Hall–Kier alpha value is -2.19. The highest BCUT2D eigenvalue weighted by Crippen LogP contribution is 2.07. The fourth-order valence-corrected chi connectivity index (χ4v) is 3.19. The van der Waals surface area contributed by atoms with Crippen molar-refractivity contribution in [2.75, 3.05) is 39.8 Å². The van der Waals surface area contributed by atoms with Crippen LogP contribution in [0.2, 0.25) is 0 Å². The quantitative estimate of drug-likeness (QED) is 0.585. The lowest BCUT2D eigenvalue weighted by atomic mass is 10.2. The first-order valence-corrected chi connectivity index (χ1v) is 9.23. The standard InChI is InChI=1S/C18H29N7O/c1-14(2)12-24-8-9-26-15(13-24)10-20-18(19-3)21-11-17-23-22-16-6-4-5-7-25(16)17/h4-7,14-15H,8-13H2,1-3H3,(H2,19,20,21). The van der Waals surface area contributed by atoms with Gasteiger partial charge in [0, 0.05) is 39.4 Å². The molecule has 8 heteroatoms. The minimum atomic E-state index is 0.176. The molecule has 0 bridgehead atoms. The minimum absolute atomic E-state index is 0.176. The summed E-state index contributed by atoms with van der Waals surface area (Å²) in [5.74, 6) is 2.26. The van der Waals surface area contributed by atoms with Gasteiger partial charge in [0.25, 0.3) is 0 Å². The van der Waals surface area contributed by atoms with E-state index in [2.05, 4.69) is 44.6 Å². The molecule has 3 rings (SSSR count). The van der Waals surface area contributed by atoms with Crippen molar-refractivity contribution in [2.24, 2.45) is 10.9 Å². The van der Waals surface area contributed by atoms with E-state index in [9.17, 15) is 0 Å². The topological polar surface area (TPSA) is 79.1 Å². The molecule has 0 aromatic carbocycles. The van der Waals surface area contributed by atoms with Gasteiger partial charge in [-0.15, -0.1) is 10.2 Å². The van der Waals surface area contributed by atoms with Gasteiger partial charge >= 0.3 is 0 Å². The van der Waals surface area contributed by atoms with Crippen LogP contribution >= 0.6 is 0 Å². The van der Waals surface area contributed by atoms with Crippen LogP contribution in [0, 0.1) is 5.92 Å². The fraction of sp³-hybridized carbons (Fsp3) is 0.611. The molecule has 142 valence electrons. The summed E-state index contributed by atoms with van der Waals surface area (Å²) in [7, 11) is 1.77. The number of aliphatic imine (C=N–C) groups is 1. The zero-order chi connectivity index (χ0) is 18.4. The predicted molar refractivity (Wildman–Crippen MR) is 102 cm³/mol. The Morgan fingerprint density at radius 3 is 3.04 bits per heavy atom. The van der Waals surface area contributed by atoms with Crippen LogP contribution in [-0.4, -0.2) is 71.4 Å². The molecule has 1 aliphatic heterocycles. The molecule has 1 fully saturated rings. The fourth-order valence-electron chi connectivity index (χ4n) is 3.19. The highest BCUT2D eigenvalue weighted by Gasteiger charge is 2.21. The van der Waals surface area contributed by atoms with E-state index < -0.39 is 0 Å². The number of nitrogens with zero attached hydrogens (tertiary/aromatic N) is 5. The lowest BCUT2D eigenvalue weighted by Gasteiger charge is -2.34. The summed E-state index contributed by atoms with van der Waals surface area (Å²) >= 11 is 0. The number of rotatable bonds is 6. The highest BCUT2D eigenvalue weighted by atomic mass is 16.5. The third-order valence-corrected chi connectivity index (χ3v) is 4.37. The average Bonchev–Trinajstić information content (AvgIpc) is 3.05. The predicted octanol–water partition coefficient (Wildman–Crippen LogP) is 0.751. The Morgan fingerprint density at radius 2 is 2.23 bits per heavy atom. The number of aromatic nitrogens is 3. The number of morpholine rings is 1. The van der Waals surface area contributed by atoms with Gasteiger partial charge in [0.05, 0.1) is 19.3 Å². The molecule has 8 nitrogen and oxygen atoms in total. The summed E-state index contributed by atoms with van der Waals surface area (Å²) in [4.78, 5) is 6.76. The zero-order valence-corrected chi connectivity index (χ0v) is 15.9. The van der Waals surface area contributed by atoms with Crippen LogP contribution in [0.25, 0.3) is 5.65 Å². The zero-order valence-electron chi connectivity index (χ0n) is 15.9. The molecule has 0 radical (unpaired) electrons. The van der Waals surface area contributed by atoms with E-state index in [0.717, 1.165) is 50.2 Å². The van der Waals surface area contributed by atoms with Gasteiger partial charge in [-0.25, -0.2) is 0 Å². The van der Waals surface area contributed by atoms with Crippen molar-refractivity contribution < 1.29 is 4.74 Å². The Morgan fingerprint density at radius 1 is 1.35 bits per heavy atom. The first-order chi connectivity index (χ1) is 12.7. The number of nitrogens with one attached hydrogen (secondary N) is 2. The van der Waals surface area contributed by atoms with Crippen LogP contribution in [-0.2, 0) is 11.3 Å². The van der Waals surface area contributed by atoms with E-state index in [1.807, 2.05) is 28.8 Å². The van der Waals surface area contributed by atoms with Gasteiger partial charge in [-0.2, -0.15) is 0 Å². The summed E-state index contributed by atoms with van der Waals surface area (Å²) in [6.07, 6.45) is 2.14. The normalized spacial score (nSPS) is 19.2. The molecule has 1 unspecified atom stereocenters. The van der Waals surface area contributed by atoms with E-state index >= 15 is 0 Å². The molecule has 0 saturated carbocycles. The molecule has 0 amide bonds. The van der Waals surface area contributed by atoms with Crippen molar-refractivity contribution in [3.8, 4) is 0 Å². The van der Waals surface area contributed by atoms with Crippen LogP contribution in [0.15, 0.2) is 29.4 Å². The van der Waals surface area contributed by atoms with Crippen LogP contribution in [0.4, 0.5) is 0 Å². The smallest absolute Gasteiger partial charge is 0.191 e. The van der Waals surface area contributed by atoms with Gasteiger partial charge in [-0.05, 0) is 18.1 Å². The number of guanidine groups is 1. The molecule has 1 aliphatic rings. The third kappa shape index (κ3) is 4.92. The molecular weight excluding hydrogens is 330 g/mol. The third-order valence-electron chi connectivity index (χ3n) is 4.37. The van der Waals surface area contributed by atoms with E-state index in [4.69, 9.17) is 4.74 Å². The Labute approximate surface area is 154 Å². The van der Waals surface area contributed by atoms with Crippen LogP contribution in [0.5, 0.6) is 0 Å². The van der Waals surface area contributed by atoms with Crippen molar-refractivity contribution in [1.29, 1.82) is 0 Å². The SMILES string of the molecule is CN=C(NCc1nnc2ccccn12)NCC1CN(CC(C)C)CCO1. The number of pyridine rings is 1. The van der Waals surface area contributed by atoms with Crippen molar-refractivity contribution in [3.63, 3.8) is 0 Å². The van der Waals surface area contributed by atoms with Crippen molar-refractivity contribution in [2.45, 2.75) is 26.5 Å². The molecule has 2 aromatic rings. The summed E-state index contributed by atoms with van der Waals surface area (Å²) in [5.41, 5.74) is 0.841. The van der Waals surface area contributed by atoms with Gasteiger partial charge in [0.15, 0.2) is 17.4 Å². The van der Waals surface area contributed by atoms with Crippen LogP contribution in [0.1, 0.15) is 19.7 Å². The van der Waals surface area contributed by atoms with E-state index in [1.54, 1.807) is 7.05 Å². The van der Waals surface area contributed by atoms with Crippen LogP contribution in [0.3, 0.4) is 0 Å². The molecule has 1 saturated heterocycles. The largest absolute Gasteiger partial charge is 0.374 e. The van der Waals surface area contributed by atoms with E-state index in [0.29, 0.717) is 12.5 Å². The van der Waals surface area contributed by atoms with E-state index in [-0.39, 0.29) is 6.10 Å². The molecule has 26 heavy (non-hydrogen) atoms. The number of fused-ring (bicyclic) bond motifs is 1. The van der Waals surface area contributed by atoms with Gasteiger partial charge in [0.2, 0.25) is 0 Å². The van der Waals surface area contributed by atoms with Gasteiger partial charge in [-0.1, -0.05) is 19.9 Å². The van der Waals surface area contributed by atoms with Crippen molar-refractivity contribution in [1.82, 2.24) is 30.1 Å². The maximum Gasteiger partial charge on any atom is 0.191 e. The second-order valence-electron chi connectivity index (χ2n) is 7.00. The first-order valence-electron chi connectivity index (χ1n) is 9.23. The second kappa shape index (κ2) is 8.95. The summed E-state index contributed by atoms with van der Waals surface area (Å²) in [5, 5.41) is 15.0. The molecule has 0 spiro atoms. The highest BCUT2D eigenvalue weighted by molar-refractivity contribution is 5.79. The minimum Gasteiger partial charge on any atom is -0.374 e. The first kappa shape index (κ1) is 18.6. The second-order valence-corrected chi connectivity index (χ2v) is 7.00. The number of ether oxygens (including phenoxy) is 1. The molecule has 1 atom stereocenters. The molecular formula is C18H29N7O. The maximum atomic E-state index is 5.88. The molecule has 3 heterocycles. The summed E-state index contributed by atoms with van der Waals surface area (Å²) in [6.45, 7) is 9.66. The molecule has 0 aliphatic carbocycles. The lowest BCUT2D eigenvalue weighted by Crippen LogP contribution is -2.50. The number of hydrogen-bond donors (Lipinski definition) is 2. The molecule has 2 aromatic heterocycles. The summed E-state index contributed by atoms with van der Waals surface area (Å²) < 4.78 is 7.85. The Bertz CT molecular complexity index is 727. The number of hydrogen-bond acceptors (Lipinski definition) is 5. The Balaban J connectivity index is 1.47. The van der Waals surface area contributed by atoms with Crippen molar-refractivity contribution >= 4 is 11.6 Å². The van der Waals surface area contributed by atoms with Gasteiger partial charge in [-0.3, -0.25) is 14.3 Å². The van der Waals surface area contributed by atoms with Crippen molar-refractivity contribution in [3.05, 3.63) is 30.2 Å². The summed E-state index contributed by atoms with van der Waals surface area (Å²) in [6, 6.07) is 5.86. The Kier molecular flexibility index (Phi) is 6.40.